The fourth-order valence-electron chi connectivity index (χ4n) is 1.64. The molecule has 0 atom stereocenters. The van der Waals surface area contributed by atoms with Crippen molar-refractivity contribution in [2.45, 2.75) is 26.7 Å². The molecule has 0 aromatic heterocycles. The molecule has 3 N–H and O–H groups in total. The Bertz CT molecular complexity index is 489. The van der Waals surface area contributed by atoms with Crippen LogP contribution in [0.3, 0.4) is 0 Å². The molecule has 1 amide bonds. The lowest BCUT2D eigenvalue weighted by atomic mass is 10.2. The molecule has 0 bridgehead atoms. The van der Waals surface area contributed by atoms with Crippen LogP contribution < -0.4 is 15.8 Å². The number of ether oxygens (including phenoxy) is 2. The van der Waals surface area contributed by atoms with Crippen molar-refractivity contribution in [1.82, 2.24) is 5.32 Å². The number of nitrogens with two attached hydrogens (primary N) is 1. The molecule has 0 spiro atoms. The Morgan fingerprint density at radius 2 is 2.05 bits per heavy atom. The maximum atomic E-state index is 11.8. The highest BCUT2D eigenvalue weighted by Crippen LogP contribution is 2.22. The van der Waals surface area contributed by atoms with E-state index in [1.807, 2.05) is 6.92 Å². The predicted molar refractivity (Wildman–Crippen MR) is 80.2 cm³/mol. The number of carbonyl (C=O) groups is 2. The van der Waals surface area contributed by atoms with Gasteiger partial charge in [-0.2, -0.15) is 0 Å². The van der Waals surface area contributed by atoms with E-state index in [-0.39, 0.29) is 30.4 Å². The van der Waals surface area contributed by atoms with Crippen molar-refractivity contribution in [2.75, 3.05) is 25.5 Å². The Hall–Kier alpha value is -2.24. The molecule has 0 fully saturated rings. The van der Waals surface area contributed by atoms with Gasteiger partial charge in [-0.05, 0) is 31.5 Å². The average Bonchev–Trinajstić information content (AvgIpc) is 2.46. The minimum absolute atomic E-state index is 0.153. The second-order valence-electron chi connectivity index (χ2n) is 4.47. The summed E-state index contributed by atoms with van der Waals surface area (Å²) >= 11 is 0. The summed E-state index contributed by atoms with van der Waals surface area (Å²) < 4.78 is 10.3. The highest BCUT2D eigenvalue weighted by atomic mass is 16.5. The van der Waals surface area contributed by atoms with Crippen LogP contribution in [0.1, 0.15) is 37.0 Å². The van der Waals surface area contributed by atoms with Crippen molar-refractivity contribution < 1.29 is 19.1 Å². The number of hydrogen-bond acceptors (Lipinski definition) is 5. The SMILES string of the molecule is CCCCNC(=O)COc1ccc(N)cc1C(=O)OCC. The molecule has 21 heavy (non-hydrogen) atoms. The molecule has 6 nitrogen and oxygen atoms in total. The van der Waals surface area contributed by atoms with Crippen molar-refractivity contribution in [3.63, 3.8) is 0 Å². The smallest absolute Gasteiger partial charge is 0.341 e. The summed E-state index contributed by atoms with van der Waals surface area (Å²) in [6.07, 6.45) is 1.92. The number of hydrogen-bond donors (Lipinski definition) is 2. The summed E-state index contributed by atoms with van der Waals surface area (Å²) in [4.78, 5) is 23.4. The summed E-state index contributed by atoms with van der Waals surface area (Å²) in [6.45, 7) is 4.48. The van der Waals surface area contributed by atoms with E-state index in [0.717, 1.165) is 12.8 Å². The largest absolute Gasteiger partial charge is 0.483 e. The van der Waals surface area contributed by atoms with Gasteiger partial charge in [0.25, 0.3) is 5.91 Å². The Kier molecular flexibility index (Phi) is 7.08. The first-order valence-electron chi connectivity index (χ1n) is 7.04. The second-order valence-corrected chi connectivity index (χ2v) is 4.47. The topological polar surface area (TPSA) is 90.6 Å². The van der Waals surface area contributed by atoms with Gasteiger partial charge < -0.3 is 20.5 Å². The predicted octanol–water partition coefficient (Wildman–Crippen LogP) is 1.74. The zero-order chi connectivity index (χ0) is 15.7. The van der Waals surface area contributed by atoms with Gasteiger partial charge in [-0.1, -0.05) is 13.3 Å². The highest BCUT2D eigenvalue weighted by molar-refractivity contribution is 5.93. The molecule has 0 radical (unpaired) electrons. The van der Waals surface area contributed by atoms with Gasteiger partial charge in [-0.3, -0.25) is 4.79 Å². The van der Waals surface area contributed by atoms with Crippen LogP contribution in [0.2, 0.25) is 0 Å². The van der Waals surface area contributed by atoms with E-state index in [4.69, 9.17) is 15.2 Å². The fraction of sp³-hybridized carbons (Fsp3) is 0.467. The number of nitrogens with one attached hydrogen (secondary N) is 1. The van der Waals surface area contributed by atoms with Gasteiger partial charge in [0.05, 0.1) is 6.61 Å². The van der Waals surface area contributed by atoms with Gasteiger partial charge in [-0.15, -0.1) is 0 Å². The normalized spacial score (nSPS) is 10.0. The number of anilines is 1. The Labute approximate surface area is 124 Å². The van der Waals surface area contributed by atoms with Gasteiger partial charge >= 0.3 is 5.97 Å². The average molecular weight is 294 g/mol. The monoisotopic (exact) mass is 294 g/mol. The molecule has 0 aliphatic heterocycles. The molecular formula is C15H22N2O4. The molecule has 0 aliphatic rings. The molecule has 6 heteroatoms. The van der Waals surface area contributed by atoms with Crippen LogP contribution in [0.5, 0.6) is 5.75 Å². The number of rotatable bonds is 8. The number of unbranched alkanes of at least 4 members (excludes halogenated alkanes) is 1. The van der Waals surface area contributed by atoms with E-state index >= 15 is 0 Å². The first-order chi connectivity index (χ1) is 10.1. The molecule has 1 aromatic carbocycles. The number of amides is 1. The summed E-state index contributed by atoms with van der Waals surface area (Å²) in [6, 6.07) is 4.64. The third kappa shape index (κ3) is 5.72. The van der Waals surface area contributed by atoms with Gasteiger partial charge in [-0.25, -0.2) is 4.79 Å². The van der Waals surface area contributed by atoms with Crippen LogP contribution in [-0.4, -0.2) is 31.6 Å². The Balaban J connectivity index is 2.65. The van der Waals surface area contributed by atoms with Crippen LogP contribution in [0.25, 0.3) is 0 Å². The number of esters is 1. The minimum atomic E-state index is -0.522. The van der Waals surface area contributed by atoms with Crippen LogP contribution >= 0.6 is 0 Å². The van der Waals surface area contributed by atoms with E-state index in [0.29, 0.717) is 12.2 Å². The molecule has 0 heterocycles. The van der Waals surface area contributed by atoms with Gasteiger partial charge in [0, 0.05) is 12.2 Å². The molecular weight excluding hydrogens is 272 g/mol. The first-order valence-corrected chi connectivity index (χ1v) is 7.04. The van der Waals surface area contributed by atoms with Crippen molar-refractivity contribution in [3.05, 3.63) is 23.8 Å². The quantitative estimate of drug-likeness (QED) is 0.433. The van der Waals surface area contributed by atoms with Gasteiger partial charge in [0.2, 0.25) is 0 Å². The van der Waals surface area contributed by atoms with Crippen LogP contribution in [-0.2, 0) is 9.53 Å². The summed E-state index contributed by atoms with van der Waals surface area (Å²) in [7, 11) is 0. The van der Waals surface area contributed by atoms with Crippen molar-refractivity contribution in [2.24, 2.45) is 0 Å². The van der Waals surface area contributed by atoms with Crippen molar-refractivity contribution in [1.29, 1.82) is 0 Å². The third-order valence-corrected chi connectivity index (χ3v) is 2.71. The lowest BCUT2D eigenvalue weighted by Gasteiger charge is -2.11. The second kappa shape index (κ2) is 8.84. The minimum Gasteiger partial charge on any atom is -0.483 e. The van der Waals surface area contributed by atoms with Crippen molar-refractivity contribution >= 4 is 17.6 Å². The van der Waals surface area contributed by atoms with Gasteiger partial charge in [0.15, 0.2) is 6.61 Å². The van der Waals surface area contributed by atoms with E-state index in [1.54, 1.807) is 19.1 Å². The Morgan fingerprint density at radius 3 is 2.71 bits per heavy atom. The third-order valence-electron chi connectivity index (χ3n) is 2.71. The molecule has 0 saturated heterocycles. The molecule has 1 rings (SSSR count). The van der Waals surface area contributed by atoms with Crippen molar-refractivity contribution in [3.8, 4) is 5.75 Å². The molecule has 0 unspecified atom stereocenters. The maximum absolute atomic E-state index is 11.8. The number of carbonyl (C=O) groups excluding carboxylic acids is 2. The van der Waals surface area contributed by atoms with E-state index in [2.05, 4.69) is 5.32 Å². The standard InChI is InChI=1S/C15H22N2O4/c1-3-5-8-17-14(18)10-21-13-7-6-11(16)9-12(13)15(19)20-4-2/h6-7,9H,3-5,8,10,16H2,1-2H3,(H,17,18). The highest BCUT2D eigenvalue weighted by Gasteiger charge is 2.15. The van der Waals surface area contributed by atoms with Crippen LogP contribution in [0.4, 0.5) is 5.69 Å². The molecule has 0 aliphatic carbocycles. The van der Waals surface area contributed by atoms with Gasteiger partial charge in [0.1, 0.15) is 11.3 Å². The van der Waals surface area contributed by atoms with Crippen LogP contribution in [0, 0.1) is 0 Å². The lowest BCUT2D eigenvalue weighted by Crippen LogP contribution is -2.29. The van der Waals surface area contributed by atoms with E-state index < -0.39 is 5.97 Å². The maximum Gasteiger partial charge on any atom is 0.341 e. The summed E-state index contributed by atoms with van der Waals surface area (Å²) in [5, 5.41) is 2.73. The first kappa shape index (κ1) is 16.8. The molecule has 0 saturated carbocycles. The molecule has 1 aromatic rings. The zero-order valence-electron chi connectivity index (χ0n) is 12.5. The van der Waals surface area contributed by atoms with E-state index in [9.17, 15) is 9.59 Å². The number of benzene rings is 1. The zero-order valence-corrected chi connectivity index (χ0v) is 12.5. The van der Waals surface area contributed by atoms with Crippen LogP contribution in [0.15, 0.2) is 18.2 Å². The molecule has 116 valence electrons. The summed E-state index contributed by atoms with van der Waals surface area (Å²) in [5.41, 5.74) is 6.30. The Morgan fingerprint density at radius 1 is 1.29 bits per heavy atom. The fourth-order valence-corrected chi connectivity index (χ4v) is 1.64. The summed E-state index contributed by atoms with van der Waals surface area (Å²) in [5.74, 6) is -0.463. The lowest BCUT2D eigenvalue weighted by molar-refractivity contribution is -0.123. The number of nitrogen functional groups attached to an aromatic ring is 1. The van der Waals surface area contributed by atoms with E-state index in [1.165, 1.54) is 6.07 Å².